The molecule has 0 saturated heterocycles. The van der Waals surface area contributed by atoms with Gasteiger partial charge in [0.15, 0.2) is 11.6 Å². The molecule has 1 aromatic carbocycles. The lowest BCUT2D eigenvalue weighted by atomic mass is 10.1. The van der Waals surface area contributed by atoms with Gasteiger partial charge in [0, 0.05) is 17.8 Å². The van der Waals surface area contributed by atoms with Gasteiger partial charge in [0.05, 0.1) is 6.20 Å². The van der Waals surface area contributed by atoms with E-state index in [9.17, 15) is 4.79 Å². The van der Waals surface area contributed by atoms with Crippen LogP contribution in [0.4, 0.5) is 17.5 Å². The molecule has 2 rings (SSSR count). The molecule has 0 radical (unpaired) electrons. The van der Waals surface area contributed by atoms with E-state index in [1.54, 1.807) is 25.3 Å². The molecule has 2 aromatic rings. The van der Waals surface area contributed by atoms with E-state index in [1.807, 2.05) is 12.1 Å². The largest absolute Gasteiger partial charge is 0.353 e. The third-order valence-electron chi connectivity index (χ3n) is 2.91. The minimum atomic E-state index is 0.0291. The molecule has 6 heteroatoms. The van der Waals surface area contributed by atoms with E-state index in [1.165, 1.54) is 0 Å². The molecule has 0 spiro atoms. The van der Waals surface area contributed by atoms with Gasteiger partial charge < -0.3 is 10.6 Å². The monoisotopic (exact) mass is 285 g/mol. The van der Waals surface area contributed by atoms with E-state index >= 15 is 0 Å². The van der Waals surface area contributed by atoms with Crippen molar-refractivity contribution in [3.63, 3.8) is 0 Å². The number of aromatic nitrogens is 3. The Hall–Kier alpha value is -2.50. The lowest BCUT2D eigenvalue weighted by molar-refractivity contribution is 0.101. The van der Waals surface area contributed by atoms with Crippen molar-refractivity contribution in [2.75, 3.05) is 17.2 Å². The SMILES string of the molecule is CCCCNc1nncc(Nc2cccc(C(C)=O)c2)n1. The van der Waals surface area contributed by atoms with Crippen LogP contribution in [0.1, 0.15) is 37.0 Å². The van der Waals surface area contributed by atoms with Crippen LogP contribution in [0.2, 0.25) is 0 Å². The minimum absolute atomic E-state index is 0.0291. The molecular weight excluding hydrogens is 266 g/mol. The topological polar surface area (TPSA) is 79.8 Å². The molecule has 110 valence electrons. The van der Waals surface area contributed by atoms with Crippen molar-refractivity contribution < 1.29 is 4.79 Å². The summed E-state index contributed by atoms with van der Waals surface area (Å²) in [4.78, 5) is 15.7. The minimum Gasteiger partial charge on any atom is -0.353 e. The van der Waals surface area contributed by atoms with E-state index in [-0.39, 0.29) is 5.78 Å². The fourth-order valence-electron chi connectivity index (χ4n) is 1.78. The van der Waals surface area contributed by atoms with Crippen LogP contribution in [0.25, 0.3) is 0 Å². The van der Waals surface area contributed by atoms with Crippen LogP contribution >= 0.6 is 0 Å². The molecule has 1 heterocycles. The van der Waals surface area contributed by atoms with Crippen molar-refractivity contribution in [3.05, 3.63) is 36.0 Å². The Balaban J connectivity index is 2.07. The number of ketones is 1. The second-order valence-electron chi connectivity index (χ2n) is 4.71. The lowest BCUT2D eigenvalue weighted by Crippen LogP contribution is -2.07. The van der Waals surface area contributed by atoms with Gasteiger partial charge in [-0.3, -0.25) is 4.79 Å². The van der Waals surface area contributed by atoms with Crippen LogP contribution in [0, 0.1) is 0 Å². The van der Waals surface area contributed by atoms with Gasteiger partial charge >= 0.3 is 0 Å². The van der Waals surface area contributed by atoms with Gasteiger partial charge in [0.1, 0.15) is 0 Å². The van der Waals surface area contributed by atoms with Crippen LogP contribution in [-0.2, 0) is 0 Å². The van der Waals surface area contributed by atoms with Crippen LogP contribution in [-0.4, -0.2) is 27.5 Å². The third-order valence-corrected chi connectivity index (χ3v) is 2.91. The highest BCUT2D eigenvalue weighted by molar-refractivity contribution is 5.95. The molecule has 0 unspecified atom stereocenters. The van der Waals surface area contributed by atoms with Crippen LogP contribution in [0.3, 0.4) is 0 Å². The first kappa shape index (κ1) is 14.9. The number of unbranched alkanes of at least 4 members (excludes halogenated alkanes) is 1. The summed E-state index contributed by atoms with van der Waals surface area (Å²) in [6.45, 7) is 4.49. The third kappa shape index (κ3) is 4.52. The van der Waals surface area contributed by atoms with E-state index in [4.69, 9.17) is 0 Å². The van der Waals surface area contributed by atoms with E-state index in [2.05, 4.69) is 32.7 Å². The first-order chi connectivity index (χ1) is 10.2. The van der Waals surface area contributed by atoms with Crippen molar-refractivity contribution in [1.82, 2.24) is 15.2 Å². The van der Waals surface area contributed by atoms with Gasteiger partial charge in [-0.05, 0) is 25.5 Å². The van der Waals surface area contributed by atoms with Gasteiger partial charge in [-0.15, -0.1) is 5.10 Å². The second-order valence-corrected chi connectivity index (χ2v) is 4.71. The summed E-state index contributed by atoms with van der Waals surface area (Å²) in [5, 5.41) is 14.1. The smallest absolute Gasteiger partial charge is 0.244 e. The van der Waals surface area contributed by atoms with Gasteiger partial charge in [-0.1, -0.05) is 25.5 Å². The number of carbonyl (C=O) groups is 1. The summed E-state index contributed by atoms with van der Waals surface area (Å²) < 4.78 is 0. The molecule has 0 aliphatic rings. The van der Waals surface area contributed by atoms with Crippen LogP contribution in [0.5, 0.6) is 0 Å². The number of nitrogens with one attached hydrogen (secondary N) is 2. The molecule has 0 amide bonds. The first-order valence-electron chi connectivity index (χ1n) is 7.00. The number of benzene rings is 1. The first-order valence-corrected chi connectivity index (χ1v) is 7.00. The average Bonchev–Trinajstić information content (AvgIpc) is 2.48. The lowest BCUT2D eigenvalue weighted by Gasteiger charge is -2.08. The molecular formula is C15H19N5O. The number of nitrogens with zero attached hydrogens (tertiary/aromatic N) is 3. The van der Waals surface area contributed by atoms with Crippen molar-refractivity contribution in [2.24, 2.45) is 0 Å². The summed E-state index contributed by atoms with van der Waals surface area (Å²) in [7, 11) is 0. The highest BCUT2D eigenvalue weighted by Crippen LogP contribution is 2.16. The molecule has 0 aliphatic heterocycles. The molecule has 2 N–H and O–H groups in total. The number of anilines is 3. The number of rotatable bonds is 7. The van der Waals surface area contributed by atoms with Crippen molar-refractivity contribution in [2.45, 2.75) is 26.7 Å². The predicted molar refractivity (Wildman–Crippen MR) is 83.0 cm³/mol. The highest BCUT2D eigenvalue weighted by atomic mass is 16.1. The number of hydrogen-bond donors (Lipinski definition) is 2. The molecule has 0 saturated carbocycles. The average molecular weight is 285 g/mol. The van der Waals surface area contributed by atoms with E-state index in [0.29, 0.717) is 17.3 Å². The zero-order chi connectivity index (χ0) is 15.1. The van der Waals surface area contributed by atoms with Crippen molar-refractivity contribution >= 4 is 23.2 Å². The van der Waals surface area contributed by atoms with Crippen molar-refractivity contribution in [3.8, 4) is 0 Å². The Bertz CT molecular complexity index is 615. The summed E-state index contributed by atoms with van der Waals surface area (Å²) in [5.74, 6) is 1.11. The standard InChI is InChI=1S/C15H19N5O/c1-3-4-8-16-15-19-14(10-17-20-15)18-13-7-5-6-12(9-13)11(2)21/h5-7,9-10H,3-4,8H2,1-2H3,(H2,16,18,19,20). The number of hydrogen-bond acceptors (Lipinski definition) is 6. The summed E-state index contributed by atoms with van der Waals surface area (Å²) in [6.07, 6.45) is 3.71. The molecule has 1 aromatic heterocycles. The summed E-state index contributed by atoms with van der Waals surface area (Å²) in [5.41, 5.74) is 1.45. The van der Waals surface area contributed by atoms with Crippen LogP contribution < -0.4 is 10.6 Å². The van der Waals surface area contributed by atoms with E-state index < -0.39 is 0 Å². The maximum atomic E-state index is 11.4. The maximum Gasteiger partial charge on any atom is 0.244 e. The molecule has 0 bridgehead atoms. The molecule has 0 fully saturated rings. The Morgan fingerprint density at radius 2 is 2.19 bits per heavy atom. The Labute approximate surface area is 124 Å². The van der Waals surface area contributed by atoms with Crippen molar-refractivity contribution in [1.29, 1.82) is 0 Å². The molecule has 0 aliphatic carbocycles. The second kappa shape index (κ2) is 7.33. The van der Waals surface area contributed by atoms with Gasteiger partial charge in [-0.2, -0.15) is 10.1 Å². The highest BCUT2D eigenvalue weighted by Gasteiger charge is 2.03. The quantitative estimate of drug-likeness (QED) is 0.601. The Kier molecular flexibility index (Phi) is 5.20. The summed E-state index contributed by atoms with van der Waals surface area (Å²) >= 11 is 0. The zero-order valence-electron chi connectivity index (χ0n) is 12.3. The van der Waals surface area contributed by atoms with E-state index in [0.717, 1.165) is 25.1 Å². The molecule has 21 heavy (non-hydrogen) atoms. The predicted octanol–water partition coefficient (Wildman–Crippen LogP) is 3.03. The Morgan fingerprint density at radius 1 is 1.33 bits per heavy atom. The fraction of sp³-hybridized carbons (Fsp3) is 0.333. The molecule has 0 atom stereocenters. The number of carbonyl (C=O) groups excluding carboxylic acids is 1. The van der Waals surface area contributed by atoms with Gasteiger partial charge in [0.25, 0.3) is 0 Å². The Morgan fingerprint density at radius 3 is 2.95 bits per heavy atom. The zero-order valence-corrected chi connectivity index (χ0v) is 12.3. The van der Waals surface area contributed by atoms with Gasteiger partial charge in [0.2, 0.25) is 5.95 Å². The normalized spacial score (nSPS) is 10.2. The maximum absolute atomic E-state index is 11.4. The van der Waals surface area contributed by atoms with Gasteiger partial charge in [-0.25, -0.2) is 0 Å². The molecule has 6 nitrogen and oxygen atoms in total. The fourth-order valence-corrected chi connectivity index (χ4v) is 1.78. The summed E-state index contributed by atoms with van der Waals surface area (Å²) in [6, 6.07) is 7.27. The number of Topliss-reactive ketones (excluding diaryl/α,β-unsaturated/α-hetero) is 1. The van der Waals surface area contributed by atoms with Crippen LogP contribution in [0.15, 0.2) is 30.5 Å².